The van der Waals surface area contributed by atoms with E-state index >= 15 is 0 Å². The van der Waals surface area contributed by atoms with E-state index < -0.39 is 0 Å². The molecule has 0 saturated carbocycles. The minimum atomic E-state index is 0.857. The summed E-state index contributed by atoms with van der Waals surface area (Å²) in [5.74, 6) is 0. The summed E-state index contributed by atoms with van der Waals surface area (Å²) in [4.78, 5) is 2.30. The molecule has 0 bridgehead atoms. The number of hydrogen-bond donors (Lipinski definition) is 0. The smallest absolute Gasteiger partial charge is 0.159 e. The van der Waals surface area contributed by atoms with E-state index in [2.05, 4.69) is 175 Å². The summed E-state index contributed by atoms with van der Waals surface area (Å²) in [5.41, 5.74) is 13.7. The standard InChI is InChI=1S/C52H33NO2/c1-2-12-41-36(10-1)11-7-15-42(41)37-24-22-34(23-25-37)35-26-30-39(31-27-35)53(47-18-8-17-45-44-13-3-5-19-48(44)55-52(45)47)40-32-28-38(29-33-40)43-16-9-21-50-51(43)46-14-4-6-20-49(46)54-50/h1-33H. The van der Waals surface area contributed by atoms with Gasteiger partial charge in [0.25, 0.3) is 0 Å². The number of benzene rings is 9. The molecule has 0 fully saturated rings. The van der Waals surface area contributed by atoms with Gasteiger partial charge in [0.15, 0.2) is 5.58 Å². The highest BCUT2D eigenvalue weighted by Gasteiger charge is 2.20. The molecule has 0 unspecified atom stereocenters. The zero-order chi connectivity index (χ0) is 36.3. The summed E-state index contributed by atoms with van der Waals surface area (Å²) in [7, 11) is 0. The SMILES string of the molecule is c1ccc2c(-c3ccc(-c4ccc(N(c5ccc(-c6cccc7oc8ccccc8c67)cc5)c5cccc6c5oc5ccccc56)cc4)cc3)cccc2c1. The molecule has 0 atom stereocenters. The predicted molar refractivity (Wildman–Crippen MR) is 229 cm³/mol. The molecule has 3 nitrogen and oxygen atoms in total. The number of fused-ring (bicyclic) bond motifs is 7. The lowest BCUT2D eigenvalue weighted by Gasteiger charge is -2.26. The molecule has 0 saturated heterocycles. The summed E-state index contributed by atoms with van der Waals surface area (Å²) < 4.78 is 12.8. The Kier molecular flexibility index (Phi) is 7.17. The average Bonchev–Trinajstić information content (AvgIpc) is 3.84. The van der Waals surface area contributed by atoms with Gasteiger partial charge in [-0.1, -0.05) is 152 Å². The largest absolute Gasteiger partial charge is 0.456 e. The fourth-order valence-electron chi connectivity index (χ4n) is 8.26. The monoisotopic (exact) mass is 703 g/mol. The van der Waals surface area contributed by atoms with Crippen LogP contribution in [0.4, 0.5) is 17.1 Å². The van der Waals surface area contributed by atoms with Gasteiger partial charge in [0.2, 0.25) is 0 Å². The number of nitrogens with zero attached hydrogens (tertiary/aromatic N) is 1. The van der Waals surface area contributed by atoms with Crippen LogP contribution in [0.5, 0.6) is 0 Å². The number of furan rings is 2. The number of hydrogen-bond acceptors (Lipinski definition) is 3. The topological polar surface area (TPSA) is 29.5 Å². The van der Waals surface area contributed by atoms with Crippen molar-refractivity contribution < 1.29 is 8.83 Å². The molecule has 11 rings (SSSR count). The molecule has 55 heavy (non-hydrogen) atoms. The zero-order valence-electron chi connectivity index (χ0n) is 29.8. The van der Waals surface area contributed by atoms with Gasteiger partial charge in [0.1, 0.15) is 16.7 Å². The van der Waals surface area contributed by atoms with Gasteiger partial charge in [-0.05, 0) is 92.7 Å². The van der Waals surface area contributed by atoms with E-state index in [-0.39, 0.29) is 0 Å². The van der Waals surface area contributed by atoms with Gasteiger partial charge < -0.3 is 13.7 Å². The van der Waals surface area contributed by atoms with Gasteiger partial charge in [-0.15, -0.1) is 0 Å². The van der Waals surface area contributed by atoms with Crippen molar-refractivity contribution >= 4 is 71.7 Å². The van der Waals surface area contributed by atoms with Crippen LogP contribution >= 0.6 is 0 Å². The molecule has 0 amide bonds. The fraction of sp³-hybridized carbons (Fsp3) is 0. The van der Waals surface area contributed by atoms with Crippen LogP contribution in [0.3, 0.4) is 0 Å². The molecule has 3 heteroatoms. The Labute approximate surface area is 317 Å². The second kappa shape index (κ2) is 12.6. The molecule has 2 heterocycles. The van der Waals surface area contributed by atoms with Crippen molar-refractivity contribution in [3.63, 3.8) is 0 Å². The third-order valence-corrected chi connectivity index (χ3v) is 10.9. The summed E-state index contributed by atoms with van der Waals surface area (Å²) in [6, 6.07) is 70.9. The van der Waals surface area contributed by atoms with Gasteiger partial charge in [-0.2, -0.15) is 0 Å². The Morgan fingerprint density at radius 2 is 0.800 bits per heavy atom. The number of para-hydroxylation sites is 3. The second-order valence-corrected chi connectivity index (χ2v) is 14.1. The molecule has 9 aromatic carbocycles. The van der Waals surface area contributed by atoms with Gasteiger partial charge in [-0.25, -0.2) is 0 Å². The predicted octanol–water partition coefficient (Wildman–Crippen LogP) is 15.1. The first kappa shape index (κ1) is 31.2. The highest BCUT2D eigenvalue weighted by molar-refractivity contribution is 6.13. The van der Waals surface area contributed by atoms with Crippen LogP contribution in [-0.2, 0) is 0 Å². The van der Waals surface area contributed by atoms with E-state index in [1.807, 2.05) is 30.3 Å². The molecule has 0 aliphatic heterocycles. The molecule has 0 aliphatic carbocycles. The van der Waals surface area contributed by atoms with Gasteiger partial charge in [0.05, 0.1) is 5.69 Å². The Hall–Kier alpha value is -7.36. The highest BCUT2D eigenvalue weighted by atomic mass is 16.3. The van der Waals surface area contributed by atoms with E-state index in [0.717, 1.165) is 77.6 Å². The van der Waals surface area contributed by atoms with Crippen LogP contribution in [0.15, 0.2) is 209 Å². The first-order valence-electron chi connectivity index (χ1n) is 18.7. The lowest BCUT2D eigenvalue weighted by molar-refractivity contribution is 0.668. The summed E-state index contributed by atoms with van der Waals surface area (Å²) >= 11 is 0. The van der Waals surface area contributed by atoms with Crippen molar-refractivity contribution in [2.45, 2.75) is 0 Å². The Morgan fingerprint density at radius 1 is 0.309 bits per heavy atom. The van der Waals surface area contributed by atoms with Crippen molar-refractivity contribution in [1.82, 2.24) is 0 Å². The molecule has 2 aromatic heterocycles. The molecular weight excluding hydrogens is 671 g/mol. The molecule has 0 N–H and O–H groups in total. The third kappa shape index (κ3) is 5.20. The highest BCUT2D eigenvalue weighted by Crippen LogP contribution is 2.44. The van der Waals surface area contributed by atoms with Crippen LogP contribution in [0.1, 0.15) is 0 Å². The van der Waals surface area contributed by atoms with Gasteiger partial charge in [-0.3, -0.25) is 0 Å². The lowest BCUT2D eigenvalue weighted by Crippen LogP contribution is -2.10. The van der Waals surface area contributed by atoms with Crippen molar-refractivity contribution in [2.75, 3.05) is 4.90 Å². The third-order valence-electron chi connectivity index (χ3n) is 10.9. The maximum atomic E-state index is 6.60. The molecule has 0 spiro atoms. The Bertz CT molecular complexity index is 3180. The molecular formula is C52H33NO2. The maximum absolute atomic E-state index is 6.60. The molecule has 11 aromatic rings. The Morgan fingerprint density at radius 3 is 1.56 bits per heavy atom. The summed E-state index contributed by atoms with van der Waals surface area (Å²) in [6.45, 7) is 0. The van der Waals surface area contributed by atoms with E-state index in [4.69, 9.17) is 8.83 Å². The van der Waals surface area contributed by atoms with Gasteiger partial charge in [0, 0.05) is 32.9 Å². The Balaban J connectivity index is 0.999. The fourth-order valence-corrected chi connectivity index (χ4v) is 8.26. The number of anilines is 3. The molecule has 258 valence electrons. The van der Waals surface area contributed by atoms with Crippen LogP contribution in [0, 0.1) is 0 Å². The van der Waals surface area contributed by atoms with E-state index in [9.17, 15) is 0 Å². The van der Waals surface area contributed by atoms with Crippen molar-refractivity contribution in [1.29, 1.82) is 0 Å². The van der Waals surface area contributed by atoms with E-state index in [0.29, 0.717) is 0 Å². The van der Waals surface area contributed by atoms with Gasteiger partial charge >= 0.3 is 0 Å². The average molecular weight is 704 g/mol. The van der Waals surface area contributed by atoms with Crippen LogP contribution < -0.4 is 4.90 Å². The molecule has 0 aliphatic rings. The van der Waals surface area contributed by atoms with Crippen molar-refractivity contribution in [3.05, 3.63) is 200 Å². The normalized spacial score (nSPS) is 11.6. The van der Waals surface area contributed by atoms with E-state index in [1.165, 1.54) is 27.5 Å². The summed E-state index contributed by atoms with van der Waals surface area (Å²) in [5, 5.41) is 6.98. The zero-order valence-corrected chi connectivity index (χ0v) is 29.8. The van der Waals surface area contributed by atoms with Crippen molar-refractivity contribution in [2.24, 2.45) is 0 Å². The quantitative estimate of drug-likeness (QED) is 0.173. The minimum Gasteiger partial charge on any atom is -0.456 e. The van der Waals surface area contributed by atoms with Crippen LogP contribution in [0.2, 0.25) is 0 Å². The van der Waals surface area contributed by atoms with Crippen LogP contribution in [-0.4, -0.2) is 0 Å². The van der Waals surface area contributed by atoms with Crippen LogP contribution in [0.25, 0.3) is 88.0 Å². The second-order valence-electron chi connectivity index (χ2n) is 14.1. The summed E-state index contributed by atoms with van der Waals surface area (Å²) in [6.07, 6.45) is 0. The maximum Gasteiger partial charge on any atom is 0.159 e. The first-order chi connectivity index (χ1) is 27.3. The van der Waals surface area contributed by atoms with E-state index in [1.54, 1.807) is 0 Å². The minimum absolute atomic E-state index is 0.857. The number of rotatable bonds is 6. The first-order valence-corrected chi connectivity index (χ1v) is 18.7. The lowest BCUT2D eigenvalue weighted by atomic mass is 9.96. The van der Waals surface area contributed by atoms with Crippen molar-refractivity contribution in [3.8, 4) is 33.4 Å². The molecule has 0 radical (unpaired) electrons.